The number of H-pyrrole nitrogens is 1. The highest BCUT2D eigenvalue weighted by molar-refractivity contribution is 7.81. The predicted octanol–water partition coefficient (Wildman–Crippen LogP) is 4.95. The Bertz CT molecular complexity index is 1250. The van der Waals surface area contributed by atoms with Crippen molar-refractivity contribution in [1.82, 2.24) is 9.97 Å². The van der Waals surface area contributed by atoms with Gasteiger partial charge in [0, 0.05) is 24.5 Å². The van der Waals surface area contributed by atoms with Crippen LogP contribution in [0.3, 0.4) is 0 Å². The Morgan fingerprint density at radius 3 is 2.61 bits per heavy atom. The number of nitrogens with one attached hydrogen (secondary N) is 1. The van der Waals surface area contributed by atoms with E-state index >= 15 is 4.39 Å². The molecule has 1 aliphatic heterocycles. The smallest absolute Gasteiger partial charge is 0.259 e. The van der Waals surface area contributed by atoms with Crippen molar-refractivity contribution in [2.24, 2.45) is 0 Å². The fourth-order valence-electron chi connectivity index (χ4n) is 3.79. The third-order valence-corrected chi connectivity index (χ3v) is 5.99. The van der Waals surface area contributed by atoms with Gasteiger partial charge in [-0.2, -0.15) is 0 Å². The van der Waals surface area contributed by atoms with E-state index in [0.717, 1.165) is 5.82 Å². The molecule has 9 heteroatoms. The molecule has 1 aromatic heterocycles. The van der Waals surface area contributed by atoms with Crippen LogP contribution in [-0.4, -0.2) is 33.1 Å². The number of carbonyl (C=O) groups excluding carboxylic acids is 1. The van der Waals surface area contributed by atoms with E-state index in [1.54, 1.807) is 43.3 Å². The molecule has 4 rings (SSSR count). The number of carbonyl (C=O) groups is 1. The average Bonchev–Trinajstić information content (AvgIpc) is 3.36. The second-order valence-electron chi connectivity index (χ2n) is 8.10. The number of hydrogen-bond donors (Lipinski definition) is 1. The molecule has 7 nitrogen and oxygen atoms in total. The molecule has 1 aliphatic rings. The summed E-state index contributed by atoms with van der Waals surface area (Å²) in [6.45, 7) is 12.6. The molecule has 3 aromatic rings. The van der Waals surface area contributed by atoms with Gasteiger partial charge in [0.05, 0.1) is 18.9 Å². The number of aromatic amines is 1. The molecule has 2 aromatic carbocycles. The predicted molar refractivity (Wildman–Crippen MR) is 128 cm³/mol. The molecule has 0 radical (unpaired) electrons. The molecule has 1 fully saturated rings. The Labute approximate surface area is 196 Å². The van der Waals surface area contributed by atoms with Crippen LogP contribution in [0.4, 0.5) is 21.5 Å². The normalized spacial score (nSPS) is 15.1. The summed E-state index contributed by atoms with van der Waals surface area (Å²) in [4.78, 5) is 26.7. The quantitative estimate of drug-likeness (QED) is 0.414. The van der Waals surface area contributed by atoms with Crippen LogP contribution in [0, 0.1) is 19.3 Å². The van der Waals surface area contributed by atoms with Gasteiger partial charge in [0.15, 0.2) is 10.8 Å². The molecule has 0 saturated carbocycles. The van der Waals surface area contributed by atoms with E-state index in [0.29, 0.717) is 24.5 Å². The first kappa shape index (κ1) is 22.4. The van der Waals surface area contributed by atoms with Crippen molar-refractivity contribution in [3.8, 4) is 5.75 Å². The van der Waals surface area contributed by atoms with Gasteiger partial charge in [0.1, 0.15) is 22.9 Å². The lowest BCUT2D eigenvalue weighted by Gasteiger charge is -2.29. The number of halogens is 1. The maximum absolute atomic E-state index is 15.1. The third kappa shape index (κ3) is 3.94. The van der Waals surface area contributed by atoms with Gasteiger partial charge in [-0.3, -0.25) is 9.69 Å². The first-order chi connectivity index (χ1) is 15.8. The maximum atomic E-state index is 15.1. The van der Waals surface area contributed by atoms with Crippen LogP contribution in [0.2, 0.25) is 0 Å². The number of rotatable bonds is 6. The largest absolute Gasteiger partial charge is 0.493 e. The van der Waals surface area contributed by atoms with Crippen molar-refractivity contribution in [2.75, 3.05) is 16.4 Å². The Kier molecular flexibility index (Phi) is 5.87. The van der Waals surface area contributed by atoms with Gasteiger partial charge in [0.2, 0.25) is 0 Å². The molecule has 0 unspecified atom stereocenters. The number of imidazole rings is 1. The molecule has 0 spiro atoms. The number of benzene rings is 2. The molecule has 1 amide bonds. The second-order valence-corrected chi connectivity index (χ2v) is 8.47. The van der Waals surface area contributed by atoms with Crippen LogP contribution in [0.15, 0.2) is 48.8 Å². The first-order valence-corrected chi connectivity index (χ1v) is 10.7. The van der Waals surface area contributed by atoms with Gasteiger partial charge in [-0.15, -0.1) is 0 Å². The highest BCUT2D eigenvalue weighted by Gasteiger charge is 2.51. The van der Waals surface area contributed by atoms with Gasteiger partial charge in [0.25, 0.3) is 5.91 Å². The molecule has 1 N–H and O–H groups in total. The lowest BCUT2D eigenvalue weighted by Crippen LogP contribution is -2.44. The maximum Gasteiger partial charge on any atom is 0.259 e. The SMILES string of the molecule is [C-]#[N+]c1ccc(N2C(=O)C(C)(C)N(c3ccc(OCCc4ncc[nH]4)cc3)C2=S)c(F)c1C. The van der Waals surface area contributed by atoms with Crippen LogP contribution in [0.1, 0.15) is 25.2 Å². The zero-order chi connectivity index (χ0) is 23.8. The van der Waals surface area contributed by atoms with Crippen molar-refractivity contribution < 1.29 is 13.9 Å². The van der Waals surface area contributed by atoms with Gasteiger partial charge in [-0.1, -0.05) is 6.07 Å². The fourth-order valence-corrected chi connectivity index (χ4v) is 4.30. The summed E-state index contributed by atoms with van der Waals surface area (Å²) >= 11 is 5.63. The highest BCUT2D eigenvalue weighted by atomic mass is 32.1. The number of ether oxygens (including phenoxy) is 1. The molecule has 0 aliphatic carbocycles. The summed E-state index contributed by atoms with van der Waals surface area (Å²) in [5.41, 5.74) is 0.0906. The van der Waals surface area contributed by atoms with Crippen LogP contribution in [0.5, 0.6) is 5.75 Å². The Morgan fingerprint density at radius 2 is 1.97 bits per heavy atom. The van der Waals surface area contributed by atoms with E-state index < -0.39 is 11.4 Å². The van der Waals surface area contributed by atoms with E-state index in [4.69, 9.17) is 23.5 Å². The molecule has 168 valence electrons. The second kappa shape index (κ2) is 8.64. The number of nitrogens with zero attached hydrogens (tertiary/aromatic N) is 4. The van der Waals surface area contributed by atoms with Crippen LogP contribution in [0.25, 0.3) is 4.85 Å². The number of thiocarbonyl (C=S) groups is 1. The molecule has 33 heavy (non-hydrogen) atoms. The van der Waals surface area contributed by atoms with Crippen molar-refractivity contribution >= 4 is 40.3 Å². The fraction of sp³-hybridized carbons (Fsp3) is 0.250. The number of aromatic nitrogens is 2. The molecule has 1 saturated heterocycles. The van der Waals surface area contributed by atoms with E-state index in [2.05, 4.69) is 14.8 Å². The van der Waals surface area contributed by atoms with Crippen molar-refractivity contribution in [1.29, 1.82) is 0 Å². The standard InChI is InChI=1S/C24H22FN5O2S/c1-15-18(26-4)9-10-19(21(15)25)29-22(31)24(2,3)30(23(29)33)16-5-7-17(8-6-16)32-14-11-20-27-12-13-28-20/h5-10,12-13H,11,14H2,1-3H3,(H,27,28). The summed E-state index contributed by atoms with van der Waals surface area (Å²) in [5.74, 6) is 0.548. The number of anilines is 2. The highest BCUT2D eigenvalue weighted by Crippen LogP contribution is 2.39. The minimum Gasteiger partial charge on any atom is -0.493 e. The summed E-state index contributed by atoms with van der Waals surface area (Å²) in [6.07, 6.45) is 4.11. The Hall–Kier alpha value is -3.77. The Morgan fingerprint density at radius 1 is 1.24 bits per heavy atom. The van der Waals surface area contributed by atoms with Gasteiger partial charge >= 0.3 is 0 Å². The minimum atomic E-state index is -1.03. The van der Waals surface area contributed by atoms with E-state index in [-0.39, 0.29) is 28.0 Å². The molecule has 0 atom stereocenters. The van der Waals surface area contributed by atoms with Crippen molar-refractivity contribution in [3.63, 3.8) is 0 Å². The lowest BCUT2D eigenvalue weighted by molar-refractivity contribution is -0.120. The molecular weight excluding hydrogens is 441 g/mol. The molecule has 0 bridgehead atoms. The van der Waals surface area contributed by atoms with Crippen molar-refractivity contribution in [2.45, 2.75) is 32.7 Å². The van der Waals surface area contributed by atoms with Crippen LogP contribution < -0.4 is 14.5 Å². The van der Waals surface area contributed by atoms with Crippen LogP contribution in [-0.2, 0) is 11.2 Å². The summed E-state index contributed by atoms with van der Waals surface area (Å²) in [6, 6.07) is 10.2. The average molecular weight is 464 g/mol. The number of amides is 1. The Balaban J connectivity index is 1.57. The monoisotopic (exact) mass is 463 g/mol. The lowest BCUT2D eigenvalue weighted by atomic mass is 10.0. The zero-order valence-electron chi connectivity index (χ0n) is 18.4. The summed E-state index contributed by atoms with van der Waals surface area (Å²) in [7, 11) is 0. The topological polar surface area (TPSA) is 65.8 Å². The van der Waals surface area contributed by atoms with E-state index in [1.807, 2.05) is 12.1 Å². The first-order valence-electron chi connectivity index (χ1n) is 10.3. The summed E-state index contributed by atoms with van der Waals surface area (Å²) in [5, 5.41) is 0.172. The molecule has 2 heterocycles. The van der Waals surface area contributed by atoms with Gasteiger partial charge < -0.3 is 14.6 Å². The van der Waals surface area contributed by atoms with E-state index in [1.165, 1.54) is 24.0 Å². The van der Waals surface area contributed by atoms with Gasteiger partial charge in [-0.25, -0.2) is 14.2 Å². The van der Waals surface area contributed by atoms with Crippen molar-refractivity contribution in [3.05, 3.63) is 77.4 Å². The van der Waals surface area contributed by atoms with E-state index in [9.17, 15) is 4.79 Å². The molecular formula is C24H22FN5O2S. The zero-order valence-corrected chi connectivity index (χ0v) is 19.2. The third-order valence-electron chi connectivity index (χ3n) is 5.62. The number of hydrogen-bond acceptors (Lipinski definition) is 4. The minimum absolute atomic E-state index is 0.0448. The van der Waals surface area contributed by atoms with Gasteiger partial charge in [-0.05, 0) is 68.9 Å². The summed E-state index contributed by atoms with van der Waals surface area (Å²) < 4.78 is 20.8. The van der Waals surface area contributed by atoms with Crippen LogP contribution >= 0.6 is 12.2 Å².